The minimum Gasteiger partial charge on any atom is -0.380 e. The summed E-state index contributed by atoms with van der Waals surface area (Å²) in [6, 6.07) is 7.34. The number of hydrogen-bond donors (Lipinski definition) is 1. The van der Waals surface area contributed by atoms with Crippen molar-refractivity contribution in [3.63, 3.8) is 0 Å². The van der Waals surface area contributed by atoms with Crippen molar-refractivity contribution in [1.82, 2.24) is 5.32 Å². The fourth-order valence-corrected chi connectivity index (χ4v) is 5.91. The fourth-order valence-electron chi connectivity index (χ4n) is 5.91. The zero-order valence-corrected chi connectivity index (χ0v) is 18.9. The van der Waals surface area contributed by atoms with Crippen molar-refractivity contribution in [3.8, 4) is 0 Å². The van der Waals surface area contributed by atoms with Gasteiger partial charge in [0.1, 0.15) is 0 Å². The van der Waals surface area contributed by atoms with Crippen molar-refractivity contribution in [2.45, 2.75) is 70.8 Å². The summed E-state index contributed by atoms with van der Waals surface area (Å²) in [6.45, 7) is 11.4. The van der Waals surface area contributed by atoms with Crippen LogP contribution < -0.4 is 15.1 Å². The molecule has 1 aliphatic carbocycles. The molecule has 2 heterocycles. The van der Waals surface area contributed by atoms with Crippen molar-refractivity contribution >= 4 is 11.4 Å². The highest BCUT2D eigenvalue weighted by Crippen LogP contribution is 2.49. The van der Waals surface area contributed by atoms with E-state index in [1.54, 1.807) is 5.56 Å². The maximum atomic E-state index is 5.62. The highest BCUT2D eigenvalue weighted by molar-refractivity contribution is 5.64. The van der Waals surface area contributed by atoms with Crippen molar-refractivity contribution < 1.29 is 4.74 Å². The summed E-state index contributed by atoms with van der Waals surface area (Å²) >= 11 is 0. The summed E-state index contributed by atoms with van der Waals surface area (Å²) in [5.41, 5.74) is 5.12. The van der Waals surface area contributed by atoms with Crippen LogP contribution in [0.25, 0.3) is 0 Å². The van der Waals surface area contributed by atoms with Crippen LogP contribution in [0.4, 0.5) is 11.4 Å². The van der Waals surface area contributed by atoms with Crippen molar-refractivity contribution in [3.05, 3.63) is 23.8 Å². The van der Waals surface area contributed by atoms with Gasteiger partial charge in [-0.1, -0.05) is 26.7 Å². The van der Waals surface area contributed by atoms with Crippen LogP contribution in [-0.2, 0) is 4.74 Å². The predicted molar refractivity (Wildman–Crippen MR) is 123 cm³/mol. The van der Waals surface area contributed by atoms with Crippen molar-refractivity contribution in [2.75, 3.05) is 56.2 Å². The molecule has 1 aromatic carbocycles. The third-order valence-electron chi connectivity index (χ3n) is 8.30. The van der Waals surface area contributed by atoms with Gasteiger partial charge in [-0.3, -0.25) is 0 Å². The first-order valence-corrected chi connectivity index (χ1v) is 12.1. The van der Waals surface area contributed by atoms with Crippen LogP contribution in [-0.4, -0.2) is 52.5 Å². The minimum absolute atomic E-state index is 0.385. The Balaban J connectivity index is 1.59. The average Bonchev–Trinajstić information content (AvgIpc) is 3.29. The maximum Gasteiger partial charge on any atom is 0.0762 e. The molecule has 4 heteroatoms. The van der Waals surface area contributed by atoms with Crippen LogP contribution in [0, 0.1) is 5.41 Å². The van der Waals surface area contributed by atoms with Crippen molar-refractivity contribution in [2.24, 2.45) is 5.41 Å². The smallest absolute Gasteiger partial charge is 0.0762 e. The molecular weight excluding hydrogens is 358 g/mol. The summed E-state index contributed by atoms with van der Waals surface area (Å²) in [6.07, 6.45) is 9.70. The highest BCUT2D eigenvalue weighted by atomic mass is 16.5. The van der Waals surface area contributed by atoms with E-state index in [2.05, 4.69) is 47.2 Å². The summed E-state index contributed by atoms with van der Waals surface area (Å²) in [7, 11) is 1.85. The second-order valence-corrected chi connectivity index (χ2v) is 9.55. The molecule has 0 bridgehead atoms. The Kier molecular flexibility index (Phi) is 6.70. The summed E-state index contributed by atoms with van der Waals surface area (Å²) in [5, 5.41) is 3.51. The van der Waals surface area contributed by atoms with E-state index in [0.717, 1.165) is 45.7 Å². The second-order valence-electron chi connectivity index (χ2n) is 9.55. The van der Waals surface area contributed by atoms with Crippen LogP contribution in [0.2, 0.25) is 0 Å². The van der Waals surface area contributed by atoms with Gasteiger partial charge in [-0.05, 0) is 67.2 Å². The van der Waals surface area contributed by atoms with Gasteiger partial charge in [0.2, 0.25) is 0 Å². The number of nitrogens with one attached hydrogen (secondary N) is 1. The van der Waals surface area contributed by atoms with E-state index in [4.69, 9.17) is 4.74 Å². The highest BCUT2D eigenvalue weighted by Gasteiger charge is 2.34. The molecule has 29 heavy (non-hydrogen) atoms. The van der Waals surface area contributed by atoms with E-state index >= 15 is 0 Å². The molecule has 1 unspecified atom stereocenters. The van der Waals surface area contributed by atoms with Gasteiger partial charge in [-0.25, -0.2) is 0 Å². The van der Waals surface area contributed by atoms with Gasteiger partial charge in [-0.15, -0.1) is 0 Å². The zero-order valence-electron chi connectivity index (χ0n) is 18.9. The standard InChI is InChI=1S/C25H41N3O/c1-4-25(5-2)11-8-20(9-12-25)23-18-21(28-15-10-22(19-28)29-3)6-7-24(23)27-16-13-26-14-17-27/h6-7,18,20,22,26H,4-5,8-17,19H2,1-3H3. The number of methoxy groups -OCH3 is 1. The predicted octanol–water partition coefficient (Wildman–Crippen LogP) is 4.79. The summed E-state index contributed by atoms with van der Waals surface area (Å²) in [4.78, 5) is 5.16. The lowest BCUT2D eigenvalue weighted by molar-refractivity contribution is 0.121. The van der Waals surface area contributed by atoms with Crippen LogP contribution in [0.1, 0.15) is 70.3 Å². The van der Waals surface area contributed by atoms with Gasteiger partial charge >= 0.3 is 0 Å². The molecule has 0 radical (unpaired) electrons. The Hall–Kier alpha value is -1.26. The van der Waals surface area contributed by atoms with Crippen LogP contribution in [0.5, 0.6) is 0 Å². The SMILES string of the molecule is CCC1(CC)CCC(c2cc(N3CCC(OC)C3)ccc2N2CCNCC2)CC1. The largest absolute Gasteiger partial charge is 0.380 e. The van der Waals surface area contributed by atoms with Crippen molar-refractivity contribution in [1.29, 1.82) is 0 Å². The molecular formula is C25H41N3O. The van der Waals surface area contributed by atoms with Gasteiger partial charge in [0.25, 0.3) is 0 Å². The molecule has 0 spiro atoms. The Morgan fingerprint density at radius 2 is 1.72 bits per heavy atom. The Morgan fingerprint density at radius 1 is 1.00 bits per heavy atom. The number of nitrogens with zero attached hydrogens (tertiary/aromatic N) is 2. The maximum absolute atomic E-state index is 5.62. The third kappa shape index (κ3) is 4.44. The van der Waals surface area contributed by atoms with E-state index in [-0.39, 0.29) is 0 Å². The van der Waals surface area contributed by atoms with Gasteiger partial charge < -0.3 is 19.9 Å². The monoisotopic (exact) mass is 399 g/mol. The quantitative estimate of drug-likeness (QED) is 0.745. The number of benzene rings is 1. The van der Waals surface area contributed by atoms with Gasteiger partial charge in [0.15, 0.2) is 0 Å². The van der Waals surface area contributed by atoms with E-state index in [0.29, 0.717) is 17.4 Å². The Morgan fingerprint density at radius 3 is 2.34 bits per heavy atom. The zero-order chi connectivity index (χ0) is 20.3. The number of hydrogen-bond acceptors (Lipinski definition) is 4. The average molecular weight is 400 g/mol. The van der Waals surface area contributed by atoms with E-state index in [9.17, 15) is 0 Å². The molecule has 162 valence electrons. The summed E-state index contributed by atoms with van der Waals surface area (Å²) in [5.74, 6) is 0.715. The Bertz CT molecular complexity index is 656. The number of anilines is 2. The first-order chi connectivity index (χ1) is 14.2. The molecule has 2 saturated heterocycles. The van der Waals surface area contributed by atoms with E-state index < -0.39 is 0 Å². The normalized spacial score (nSPS) is 25.6. The van der Waals surface area contributed by atoms with Gasteiger partial charge in [-0.2, -0.15) is 0 Å². The van der Waals surface area contributed by atoms with E-state index in [1.165, 1.54) is 49.9 Å². The molecule has 1 aromatic rings. The molecule has 1 atom stereocenters. The molecule has 1 N–H and O–H groups in total. The van der Waals surface area contributed by atoms with Crippen LogP contribution in [0.15, 0.2) is 18.2 Å². The van der Waals surface area contributed by atoms with Crippen LogP contribution >= 0.6 is 0 Å². The molecule has 4 nitrogen and oxygen atoms in total. The third-order valence-corrected chi connectivity index (χ3v) is 8.30. The lowest BCUT2D eigenvalue weighted by Gasteiger charge is -2.41. The fraction of sp³-hybridized carbons (Fsp3) is 0.760. The molecule has 0 amide bonds. The van der Waals surface area contributed by atoms with Gasteiger partial charge in [0, 0.05) is 57.8 Å². The lowest BCUT2D eigenvalue weighted by Crippen LogP contribution is -2.44. The topological polar surface area (TPSA) is 27.7 Å². The van der Waals surface area contributed by atoms with E-state index in [1.807, 2.05) is 7.11 Å². The summed E-state index contributed by atoms with van der Waals surface area (Å²) < 4.78 is 5.62. The molecule has 3 aliphatic rings. The molecule has 0 aromatic heterocycles. The number of piperazine rings is 1. The molecule has 4 rings (SSSR count). The molecule has 2 aliphatic heterocycles. The molecule has 1 saturated carbocycles. The lowest BCUT2D eigenvalue weighted by atomic mass is 9.66. The van der Waals surface area contributed by atoms with Crippen LogP contribution in [0.3, 0.4) is 0 Å². The Labute approximate surface area is 178 Å². The minimum atomic E-state index is 0.385. The van der Waals surface area contributed by atoms with Gasteiger partial charge in [0.05, 0.1) is 6.10 Å². The number of ether oxygens (including phenoxy) is 1. The second kappa shape index (κ2) is 9.26. The first-order valence-electron chi connectivity index (χ1n) is 12.1. The first kappa shape index (κ1) is 21.0. The molecule has 3 fully saturated rings. The number of rotatable bonds is 6.